The molecule has 1 atom stereocenters. The number of methoxy groups -OCH3 is 1. The van der Waals surface area contributed by atoms with Gasteiger partial charge in [0.15, 0.2) is 11.5 Å². The summed E-state index contributed by atoms with van der Waals surface area (Å²) in [5.41, 5.74) is 6.15. The predicted molar refractivity (Wildman–Crippen MR) is 78.3 cm³/mol. The van der Waals surface area contributed by atoms with Gasteiger partial charge in [0.2, 0.25) is 0 Å². The lowest BCUT2D eigenvalue weighted by Crippen LogP contribution is -2.22. The second-order valence-electron chi connectivity index (χ2n) is 4.87. The first-order valence-electron chi connectivity index (χ1n) is 6.50. The summed E-state index contributed by atoms with van der Waals surface area (Å²) in [4.78, 5) is 11.4. The smallest absolute Gasteiger partial charge is 0.312 e. The Morgan fingerprint density at radius 1 is 1.55 bits per heavy atom. The van der Waals surface area contributed by atoms with Crippen molar-refractivity contribution >= 4 is 21.9 Å². The second kappa shape index (κ2) is 6.45. The van der Waals surface area contributed by atoms with Crippen molar-refractivity contribution in [1.29, 1.82) is 0 Å². The summed E-state index contributed by atoms with van der Waals surface area (Å²) in [5.74, 6) is -0.228. The van der Waals surface area contributed by atoms with Crippen LogP contribution in [0.3, 0.4) is 0 Å². The van der Waals surface area contributed by atoms with E-state index in [1.165, 1.54) is 7.11 Å². The summed E-state index contributed by atoms with van der Waals surface area (Å²) < 4.78 is 11.8. The number of carboxylic acid groups (broad SMARTS) is 1. The van der Waals surface area contributed by atoms with E-state index in [0.717, 1.165) is 12.8 Å². The highest BCUT2D eigenvalue weighted by molar-refractivity contribution is 9.10. The first-order chi connectivity index (χ1) is 9.58. The number of rotatable bonds is 7. The Kier molecular flexibility index (Phi) is 4.88. The van der Waals surface area contributed by atoms with E-state index in [2.05, 4.69) is 15.9 Å². The number of ether oxygens (including phenoxy) is 2. The van der Waals surface area contributed by atoms with Crippen LogP contribution in [-0.2, 0) is 4.79 Å². The molecule has 0 bridgehead atoms. The fraction of sp³-hybridized carbons (Fsp3) is 0.500. The van der Waals surface area contributed by atoms with Crippen molar-refractivity contribution in [2.45, 2.75) is 18.8 Å². The molecule has 0 spiro atoms. The van der Waals surface area contributed by atoms with E-state index >= 15 is 0 Å². The maximum Gasteiger partial charge on any atom is 0.312 e. The Bertz CT molecular complexity index is 502. The minimum absolute atomic E-state index is 0.000882. The van der Waals surface area contributed by atoms with Gasteiger partial charge < -0.3 is 20.3 Å². The van der Waals surface area contributed by atoms with Gasteiger partial charge in [-0.05, 0) is 30.9 Å². The number of hydrogen-bond acceptors (Lipinski definition) is 4. The molecule has 20 heavy (non-hydrogen) atoms. The third-order valence-corrected chi connectivity index (χ3v) is 4.06. The summed E-state index contributed by atoms with van der Waals surface area (Å²) in [6.07, 6.45) is 2.32. The van der Waals surface area contributed by atoms with Crippen LogP contribution in [0.15, 0.2) is 16.6 Å². The van der Waals surface area contributed by atoms with E-state index in [0.29, 0.717) is 34.1 Å². The van der Waals surface area contributed by atoms with E-state index in [9.17, 15) is 9.90 Å². The van der Waals surface area contributed by atoms with Crippen molar-refractivity contribution in [3.63, 3.8) is 0 Å². The van der Waals surface area contributed by atoms with Crippen LogP contribution in [0.4, 0.5) is 0 Å². The normalized spacial score (nSPS) is 15.8. The van der Waals surface area contributed by atoms with Gasteiger partial charge in [-0.3, -0.25) is 4.79 Å². The highest BCUT2D eigenvalue weighted by atomic mass is 79.9. The number of carboxylic acids is 1. The first-order valence-corrected chi connectivity index (χ1v) is 7.29. The molecule has 1 aromatic carbocycles. The van der Waals surface area contributed by atoms with Crippen molar-refractivity contribution in [1.82, 2.24) is 0 Å². The lowest BCUT2D eigenvalue weighted by molar-refractivity contribution is -0.138. The van der Waals surface area contributed by atoms with Gasteiger partial charge in [-0.1, -0.05) is 15.9 Å². The van der Waals surface area contributed by atoms with E-state index in [4.69, 9.17) is 15.2 Å². The van der Waals surface area contributed by atoms with Crippen LogP contribution >= 0.6 is 15.9 Å². The SMILES string of the molecule is COc1ccc(Br)c(C(CN)C(=O)O)c1OCC1CC1. The van der Waals surface area contributed by atoms with Crippen molar-refractivity contribution in [3.05, 3.63) is 22.2 Å². The number of hydrogen-bond donors (Lipinski definition) is 2. The van der Waals surface area contributed by atoms with E-state index in [1.807, 2.05) is 0 Å². The molecule has 0 amide bonds. The van der Waals surface area contributed by atoms with E-state index in [-0.39, 0.29) is 6.54 Å². The molecule has 0 aromatic heterocycles. The van der Waals surface area contributed by atoms with Crippen LogP contribution < -0.4 is 15.2 Å². The summed E-state index contributed by atoms with van der Waals surface area (Å²) in [7, 11) is 1.54. The van der Waals surface area contributed by atoms with Gasteiger partial charge in [0.25, 0.3) is 0 Å². The van der Waals surface area contributed by atoms with Crippen molar-refractivity contribution in [3.8, 4) is 11.5 Å². The van der Waals surface area contributed by atoms with Crippen LogP contribution in [0, 0.1) is 5.92 Å². The standard InChI is InChI=1S/C14H18BrNO4/c1-19-11-5-4-10(15)12(9(6-16)14(17)18)13(11)20-7-8-2-3-8/h4-5,8-9H,2-3,6-7,16H2,1H3,(H,17,18). The Morgan fingerprint density at radius 3 is 2.75 bits per heavy atom. The zero-order valence-corrected chi connectivity index (χ0v) is 12.9. The van der Waals surface area contributed by atoms with Gasteiger partial charge in [0, 0.05) is 16.6 Å². The zero-order valence-electron chi connectivity index (χ0n) is 11.3. The third kappa shape index (κ3) is 3.24. The van der Waals surface area contributed by atoms with Gasteiger partial charge in [-0.15, -0.1) is 0 Å². The zero-order chi connectivity index (χ0) is 14.7. The summed E-state index contributed by atoms with van der Waals surface area (Å²) in [5, 5.41) is 9.33. The molecule has 1 aliphatic rings. The quantitative estimate of drug-likeness (QED) is 0.794. The molecule has 0 aliphatic heterocycles. The molecule has 6 heteroatoms. The van der Waals surface area contributed by atoms with Crippen LogP contribution in [-0.4, -0.2) is 31.3 Å². The third-order valence-electron chi connectivity index (χ3n) is 3.37. The molecule has 1 fully saturated rings. The average molecular weight is 344 g/mol. The van der Waals surface area contributed by atoms with Crippen LogP contribution in [0.5, 0.6) is 11.5 Å². The molecule has 1 aliphatic carbocycles. The largest absolute Gasteiger partial charge is 0.493 e. The second-order valence-corrected chi connectivity index (χ2v) is 5.73. The summed E-state index contributed by atoms with van der Waals surface area (Å²) in [6, 6.07) is 3.51. The fourth-order valence-electron chi connectivity index (χ4n) is 2.02. The monoisotopic (exact) mass is 343 g/mol. The molecule has 1 aromatic rings. The van der Waals surface area contributed by atoms with Gasteiger partial charge in [0.1, 0.15) is 0 Å². The minimum Gasteiger partial charge on any atom is -0.493 e. The van der Waals surface area contributed by atoms with Gasteiger partial charge in [0.05, 0.1) is 19.6 Å². The maximum absolute atomic E-state index is 11.4. The summed E-state index contributed by atoms with van der Waals surface area (Å²) >= 11 is 3.39. The fourth-order valence-corrected chi connectivity index (χ4v) is 2.61. The van der Waals surface area contributed by atoms with Crippen LogP contribution in [0.25, 0.3) is 0 Å². The number of aliphatic carboxylic acids is 1. The molecule has 0 saturated heterocycles. The van der Waals surface area contributed by atoms with E-state index < -0.39 is 11.9 Å². The molecule has 3 N–H and O–H groups in total. The first kappa shape index (κ1) is 15.1. The molecule has 0 heterocycles. The van der Waals surface area contributed by atoms with Gasteiger partial charge in [-0.2, -0.15) is 0 Å². The number of halogens is 1. The van der Waals surface area contributed by atoms with E-state index in [1.54, 1.807) is 12.1 Å². The molecule has 2 rings (SSSR count). The highest BCUT2D eigenvalue weighted by Crippen LogP contribution is 2.42. The topological polar surface area (TPSA) is 81.8 Å². The van der Waals surface area contributed by atoms with Crippen LogP contribution in [0.1, 0.15) is 24.3 Å². The Hall–Kier alpha value is -1.27. The molecular weight excluding hydrogens is 326 g/mol. The molecule has 5 nitrogen and oxygen atoms in total. The lowest BCUT2D eigenvalue weighted by Gasteiger charge is -2.20. The van der Waals surface area contributed by atoms with Crippen molar-refractivity contribution in [2.75, 3.05) is 20.3 Å². The average Bonchev–Trinajstić information content (AvgIpc) is 3.23. The molecule has 0 radical (unpaired) electrons. The predicted octanol–water partition coefficient (Wildman–Crippen LogP) is 2.37. The Morgan fingerprint density at radius 2 is 2.25 bits per heavy atom. The van der Waals surface area contributed by atoms with Gasteiger partial charge >= 0.3 is 5.97 Å². The Labute approximate surface area is 126 Å². The molecular formula is C14H18BrNO4. The molecule has 1 unspecified atom stereocenters. The number of carbonyl (C=O) groups is 1. The lowest BCUT2D eigenvalue weighted by atomic mass is 9.98. The highest BCUT2D eigenvalue weighted by Gasteiger charge is 2.29. The number of nitrogens with two attached hydrogens (primary N) is 1. The van der Waals surface area contributed by atoms with Crippen molar-refractivity contribution < 1.29 is 19.4 Å². The maximum atomic E-state index is 11.4. The molecule has 1 saturated carbocycles. The Balaban J connectivity index is 2.41. The number of benzene rings is 1. The van der Waals surface area contributed by atoms with Crippen molar-refractivity contribution in [2.24, 2.45) is 11.7 Å². The van der Waals surface area contributed by atoms with Crippen LogP contribution in [0.2, 0.25) is 0 Å². The summed E-state index contributed by atoms with van der Waals surface area (Å²) in [6.45, 7) is 0.581. The van der Waals surface area contributed by atoms with Gasteiger partial charge in [-0.25, -0.2) is 0 Å². The minimum atomic E-state index is -0.974. The molecule has 110 valence electrons.